The Kier molecular flexibility index (Phi) is 5.66. The average molecular weight is 309 g/mol. The number of amides is 2. The summed E-state index contributed by atoms with van der Waals surface area (Å²) in [4.78, 5) is 28.3. The highest BCUT2D eigenvalue weighted by molar-refractivity contribution is 7.12. The van der Waals surface area contributed by atoms with Gasteiger partial charge < -0.3 is 11.1 Å². The Balaban J connectivity index is 2.70. The summed E-state index contributed by atoms with van der Waals surface area (Å²) in [5.74, 6) is -0.909. The molecule has 6 heteroatoms. The Morgan fingerprint density at radius 2 is 2.00 bits per heavy atom. The lowest BCUT2D eigenvalue weighted by atomic mass is 9.98. The number of hydrogen-bond donors (Lipinski definition) is 2. The van der Waals surface area contributed by atoms with Gasteiger partial charge in [0.1, 0.15) is 6.04 Å². The number of hydrogen-bond acceptors (Lipinski definition) is 4. The minimum absolute atomic E-state index is 0.00623. The summed E-state index contributed by atoms with van der Waals surface area (Å²) in [7, 11) is 0. The highest BCUT2D eigenvalue weighted by Crippen LogP contribution is 2.27. The fourth-order valence-corrected chi connectivity index (χ4v) is 2.51. The SMILES string of the molecule is CC(C)C(NC(=O)C=Cc1cnc(C(C)(C)C)s1)C(N)=O. The molecule has 0 fully saturated rings. The minimum atomic E-state index is -0.659. The van der Waals surface area contributed by atoms with Crippen LogP contribution in [0.5, 0.6) is 0 Å². The first kappa shape index (κ1) is 17.4. The summed E-state index contributed by atoms with van der Waals surface area (Å²) in [6, 6.07) is -0.659. The predicted molar refractivity (Wildman–Crippen MR) is 85.8 cm³/mol. The first-order valence-electron chi connectivity index (χ1n) is 6.85. The number of thiazole rings is 1. The molecule has 0 saturated heterocycles. The third kappa shape index (κ3) is 5.30. The van der Waals surface area contributed by atoms with E-state index in [-0.39, 0.29) is 17.2 Å². The second-order valence-electron chi connectivity index (χ2n) is 6.28. The smallest absolute Gasteiger partial charge is 0.244 e. The van der Waals surface area contributed by atoms with Crippen LogP contribution >= 0.6 is 11.3 Å². The molecule has 1 aromatic rings. The van der Waals surface area contributed by atoms with Crippen molar-refractivity contribution >= 4 is 29.2 Å². The van der Waals surface area contributed by atoms with Crippen molar-refractivity contribution in [1.82, 2.24) is 10.3 Å². The van der Waals surface area contributed by atoms with Gasteiger partial charge in [0.25, 0.3) is 0 Å². The van der Waals surface area contributed by atoms with Crippen LogP contribution in [0.15, 0.2) is 12.3 Å². The molecule has 0 aliphatic heterocycles. The van der Waals surface area contributed by atoms with Gasteiger partial charge in [0.15, 0.2) is 0 Å². The first-order valence-corrected chi connectivity index (χ1v) is 7.67. The monoisotopic (exact) mass is 309 g/mol. The fraction of sp³-hybridized carbons (Fsp3) is 0.533. The van der Waals surface area contributed by atoms with Crippen LogP contribution in [-0.4, -0.2) is 22.8 Å². The van der Waals surface area contributed by atoms with E-state index in [9.17, 15) is 9.59 Å². The van der Waals surface area contributed by atoms with Crippen molar-refractivity contribution in [2.24, 2.45) is 11.7 Å². The Labute approximate surface area is 129 Å². The summed E-state index contributed by atoms with van der Waals surface area (Å²) in [6.07, 6.45) is 4.84. The van der Waals surface area contributed by atoms with Gasteiger partial charge in [-0.25, -0.2) is 4.98 Å². The Morgan fingerprint density at radius 3 is 2.43 bits per heavy atom. The molecule has 0 saturated carbocycles. The number of carbonyl (C=O) groups is 2. The number of primary amides is 1. The lowest BCUT2D eigenvalue weighted by Crippen LogP contribution is -2.47. The van der Waals surface area contributed by atoms with Gasteiger partial charge in [-0.15, -0.1) is 11.3 Å². The molecule has 0 bridgehead atoms. The van der Waals surface area contributed by atoms with Gasteiger partial charge in [-0.05, 0) is 12.0 Å². The zero-order chi connectivity index (χ0) is 16.2. The number of aromatic nitrogens is 1. The molecule has 0 aromatic carbocycles. The second-order valence-corrected chi connectivity index (χ2v) is 7.35. The number of carbonyl (C=O) groups excluding carboxylic acids is 2. The van der Waals surface area contributed by atoms with Crippen LogP contribution in [0.3, 0.4) is 0 Å². The van der Waals surface area contributed by atoms with Gasteiger partial charge in [0, 0.05) is 22.6 Å². The summed E-state index contributed by atoms with van der Waals surface area (Å²) < 4.78 is 0. The molecular formula is C15H23N3O2S. The normalized spacial score (nSPS) is 13.6. The van der Waals surface area contributed by atoms with Crippen molar-refractivity contribution in [3.8, 4) is 0 Å². The lowest BCUT2D eigenvalue weighted by Gasteiger charge is -2.17. The maximum atomic E-state index is 11.8. The van der Waals surface area contributed by atoms with E-state index in [0.29, 0.717) is 0 Å². The van der Waals surface area contributed by atoms with E-state index in [4.69, 9.17) is 5.73 Å². The number of nitrogens with zero attached hydrogens (tertiary/aromatic N) is 1. The van der Waals surface area contributed by atoms with Crippen LogP contribution < -0.4 is 11.1 Å². The minimum Gasteiger partial charge on any atom is -0.368 e. The summed E-state index contributed by atoms with van der Waals surface area (Å²) >= 11 is 1.54. The molecule has 1 heterocycles. The highest BCUT2D eigenvalue weighted by atomic mass is 32.1. The molecule has 1 aromatic heterocycles. The quantitative estimate of drug-likeness (QED) is 0.817. The third-order valence-electron chi connectivity index (χ3n) is 2.84. The predicted octanol–water partition coefficient (Wildman–Crippen LogP) is 2.08. The zero-order valence-electron chi connectivity index (χ0n) is 13.1. The van der Waals surface area contributed by atoms with Crippen molar-refractivity contribution in [2.75, 3.05) is 0 Å². The maximum absolute atomic E-state index is 11.8. The van der Waals surface area contributed by atoms with Crippen LogP contribution in [-0.2, 0) is 15.0 Å². The first-order chi connectivity index (χ1) is 9.61. The van der Waals surface area contributed by atoms with Gasteiger partial charge in [0.05, 0.1) is 5.01 Å². The molecule has 0 radical (unpaired) electrons. The molecule has 2 amide bonds. The van der Waals surface area contributed by atoms with Crippen molar-refractivity contribution in [2.45, 2.75) is 46.1 Å². The molecular weight excluding hydrogens is 286 g/mol. The third-order valence-corrected chi connectivity index (χ3v) is 4.22. The molecule has 21 heavy (non-hydrogen) atoms. The number of nitrogens with one attached hydrogen (secondary N) is 1. The molecule has 5 nitrogen and oxygen atoms in total. The fourth-order valence-electron chi connectivity index (χ4n) is 1.64. The standard InChI is InChI=1S/C15H23N3O2S/c1-9(2)12(13(16)20)18-11(19)7-6-10-8-17-14(21-10)15(3,4)5/h6-9,12H,1-5H3,(H2,16,20)(H,18,19). The Bertz CT molecular complexity index is 541. The number of rotatable bonds is 5. The molecule has 1 unspecified atom stereocenters. The van der Waals surface area contributed by atoms with Gasteiger partial charge in [-0.3, -0.25) is 9.59 Å². The summed E-state index contributed by atoms with van der Waals surface area (Å²) in [6.45, 7) is 9.93. The molecule has 3 N–H and O–H groups in total. The zero-order valence-corrected chi connectivity index (χ0v) is 14.0. The lowest BCUT2D eigenvalue weighted by molar-refractivity contribution is -0.126. The van der Waals surface area contributed by atoms with Crippen LogP contribution in [0.25, 0.3) is 6.08 Å². The van der Waals surface area contributed by atoms with Gasteiger partial charge in [-0.1, -0.05) is 34.6 Å². The maximum Gasteiger partial charge on any atom is 0.244 e. The molecule has 0 spiro atoms. The summed E-state index contributed by atoms with van der Waals surface area (Å²) in [5.41, 5.74) is 5.25. The highest BCUT2D eigenvalue weighted by Gasteiger charge is 2.20. The Morgan fingerprint density at radius 1 is 1.38 bits per heavy atom. The molecule has 1 rings (SSSR count). The van der Waals surface area contributed by atoms with E-state index in [1.165, 1.54) is 6.08 Å². The van der Waals surface area contributed by atoms with E-state index >= 15 is 0 Å². The van der Waals surface area contributed by atoms with E-state index in [2.05, 4.69) is 31.1 Å². The van der Waals surface area contributed by atoms with Crippen molar-refractivity contribution in [3.05, 3.63) is 22.2 Å². The molecule has 116 valence electrons. The van der Waals surface area contributed by atoms with Crippen molar-refractivity contribution in [3.63, 3.8) is 0 Å². The van der Waals surface area contributed by atoms with E-state index in [1.807, 2.05) is 13.8 Å². The van der Waals surface area contributed by atoms with Gasteiger partial charge in [0.2, 0.25) is 11.8 Å². The van der Waals surface area contributed by atoms with Crippen molar-refractivity contribution < 1.29 is 9.59 Å². The molecule has 0 aliphatic rings. The topological polar surface area (TPSA) is 85.1 Å². The number of nitrogens with two attached hydrogens (primary N) is 1. The van der Waals surface area contributed by atoms with Gasteiger partial charge >= 0.3 is 0 Å². The van der Waals surface area contributed by atoms with E-state index in [1.54, 1.807) is 23.6 Å². The van der Waals surface area contributed by atoms with E-state index < -0.39 is 11.9 Å². The summed E-state index contributed by atoms with van der Waals surface area (Å²) in [5, 5.41) is 3.62. The van der Waals surface area contributed by atoms with Gasteiger partial charge in [-0.2, -0.15) is 0 Å². The molecule has 1 atom stereocenters. The van der Waals surface area contributed by atoms with Crippen LogP contribution in [0.2, 0.25) is 0 Å². The average Bonchev–Trinajstić information content (AvgIpc) is 2.81. The Hall–Kier alpha value is -1.69. The van der Waals surface area contributed by atoms with Crippen LogP contribution in [0.1, 0.15) is 44.5 Å². The van der Waals surface area contributed by atoms with Crippen LogP contribution in [0, 0.1) is 5.92 Å². The molecule has 0 aliphatic carbocycles. The second kappa shape index (κ2) is 6.85. The van der Waals surface area contributed by atoms with Crippen LogP contribution in [0.4, 0.5) is 0 Å². The van der Waals surface area contributed by atoms with Crippen molar-refractivity contribution in [1.29, 1.82) is 0 Å². The van der Waals surface area contributed by atoms with E-state index in [0.717, 1.165) is 9.88 Å². The largest absolute Gasteiger partial charge is 0.368 e.